The summed E-state index contributed by atoms with van der Waals surface area (Å²) in [4.78, 5) is 4.23. The van der Waals surface area contributed by atoms with Gasteiger partial charge in [0.05, 0.1) is 11.4 Å². The zero-order valence-electron chi connectivity index (χ0n) is 17.0. The number of para-hydroxylation sites is 1. The van der Waals surface area contributed by atoms with E-state index in [1.54, 1.807) is 13.1 Å². The van der Waals surface area contributed by atoms with Gasteiger partial charge in [-0.25, -0.2) is 9.07 Å². The SMILES string of the molecule is CN=C(NCCCc1cn(-c2ccccc2)nc1C)NCCc1ccccc1F. The van der Waals surface area contributed by atoms with Crippen LogP contribution in [-0.4, -0.2) is 35.9 Å². The van der Waals surface area contributed by atoms with Crippen LogP contribution in [-0.2, 0) is 12.8 Å². The molecule has 0 saturated heterocycles. The van der Waals surface area contributed by atoms with E-state index in [-0.39, 0.29) is 5.82 Å². The van der Waals surface area contributed by atoms with E-state index in [4.69, 9.17) is 0 Å². The van der Waals surface area contributed by atoms with Gasteiger partial charge in [-0.3, -0.25) is 4.99 Å². The Balaban J connectivity index is 1.41. The second-order valence-corrected chi connectivity index (χ2v) is 6.89. The van der Waals surface area contributed by atoms with E-state index in [0.717, 1.165) is 36.7 Å². The molecule has 0 aliphatic rings. The summed E-state index contributed by atoms with van der Waals surface area (Å²) >= 11 is 0. The van der Waals surface area contributed by atoms with Gasteiger partial charge in [-0.1, -0.05) is 36.4 Å². The second kappa shape index (κ2) is 10.4. The molecule has 0 fully saturated rings. The van der Waals surface area contributed by atoms with Gasteiger partial charge in [0.15, 0.2) is 5.96 Å². The van der Waals surface area contributed by atoms with Crippen molar-refractivity contribution in [1.29, 1.82) is 0 Å². The summed E-state index contributed by atoms with van der Waals surface area (Å²) in [6.45, 7) is 3.48. The molecule has 0 unspecified atom stereocenters. The molecule has 0 saturated carbocycles. The van der Waals surface area contributed by atoms with Crippen molar-refractivity contribution in [2.24, 2.45) is 4.99 Å². The van der Waals surface area contributed by atoms with Gasteiger partial charge in [-0.15, -0.1) is 0 Å². The maximum Gasteiger partial charge on any atom is 0.190 e. The molecule has 29 heavy (non-hydrogen) atoms. The van der Waals surface area contributed by atoms with Gasteiger partial charge in [0.1, 0.15) is 5.82 Å². The molecule has 5 nitrogen and oxygen atoms in total. The van der Waals surface area contributed by atoms with Crippen LogP contribution in [0.25, 0.3) is 5.69 Å². The summed E-state index contributed by atoms with van der Waals surface area (Å²) in [7, 11) is 1.74. The molecule has 3 aromatic rings. The summed E-state index contributed by atoms with van der Waals surface area (Å²) in [5, 5.41) is 11.2. The maximum atomic E-state index is 13.7. The first-order chi connectivity index (χ1) is 14.2. The van der Waals surface area contributed by atoms with Crippen LogP contribution in [0.15, 0.2) is 65.8 Å². The van der Waals surface area contributed by atoms with Crippen LogP contribution < -0.4 is 10.6 Å². The fourth-order valence-electron chi connectivity index (χ4n) is 3.18. The molecular weight excluding hydrogens is 365 g/mol. The predicted molar refractivity (Wildman–Crippen MR) is 116 cm³/mol. The van der Waals surface area contributed by atoms with Gasteiger partial charge in [0, 0.05) is 26.3 Å². The third kappa shape index (κ3) is 5.91. The van der Waals surface area contributed by atoms with Gasteiger partial charge in [0.25, 0.3) is 0 Å². The fraction of sp³-hybridized carbons (Fsp3) is 0.304. The number of halogens is 1. The van der Waals surface area contributed by atoms with Crippen molar-refractivity contribution in [3.05, 3.63) is 83.4 Å². The van der Waals surface area contributed by atoms with Gasteiger partial charge >= 0.3 is 0 Å². The van der Waals surface area contributed by atoms with Crippen molar-refractivity contribution in [2.45, 2.75) is 26.2 Å². The molecule has 1 aromatic heterocycles. The highest BCUT2D eigenvalue weighted by Crippen LogP contribution is 2.13. The minimum Gasteiger partial charge on any atom is -0.356 e. The van der Waals surface area contributed by atoms with Crippen LogP contribution >= 0.6 is 0 Å². The molecule has 6 heteroatoms. The van der Waals surface area contributed by atoms with Gasteiger partial charge in [-0.05, 0) is 55.5 Å². The minimum atomic E-state index is -0.163. The van der Waals surface area contributed by atoms with Crippen molar-refractivity contribution in [1.82, 2.24) is 20.4 Å². The number of aryl methyl sites for hydroxylation is 2. The molecule has 0 radical (unpaired) electrons. The van der Waals surface area contributed by atoms with Crippen LogP contribution in [0.2, 0.25) is 0 Å². The monoisotopic (exact) mass is 393 g/mol. The lowest BCUT2D eigenvalue weighted by Gasteiger charge is -2.12. The molecule has 0 aliphatic carbocycles. The fourth-order valence-corrected chi connectivity index (χ4v) is 3.18. The average molecular weight is 394 g/mol. The van der Waals surface area contributed by atoms with Crippen molar-refractivity contribution in [2.75, 3.05) is 20.1 Å². The number of hydrogen-bond acceptors (Lipinski definition) is 2. The summed E-state index contributed by atoms with van der Waals surface area (Å²) in [6.07, 6.45) is 4.63. The third-order valence-corrected chi connectivity index (χ3v) is 4.80. The normalized spacial score (nSPS) is 11.5. The van der Waals surface area contributed by atoms with Gasteiger partial charge < -0.3 is 10.6 Å². The summed E-state index contributed by atoms with van der Waals surface area (Å²) in [5.41, 5.74) is 4.08. The Kier molecular flexibility index (Phi) is 7.39. The van der Waals surface area contributed by atoms with Crippen LogP contribution in [0.5, 0.6) is 0 Å². The zero-order valence-corrected chi connectivity index (χ0v) is 17.0. The van der Waals surface area contributed by atoms with E-state index in [0.29, 0.717) is 18.5 Å². The van der Waals surface area contributed by atoms with Crippen LogP contribution in [0.1, 0.15) is 23.2 Å². The Morgan fingerprint density at radius 3 is 2.45 bits per heavy atom. The number of nitrogens with one attached hydrogen (secondary N) is 2. The summed E-state index contributed by atoms with van der Waals surface area (Å²) in [5.74, 6) is 0.571. The Labute approximate surface area is 171 Å². The standard InChI is InChI=1S/C23H28FN5/c1-18-20(17-29(28-18)21-11-4-3-5-12-21)10-8-15-26-23(25-2)27-16-14-19-9-6-7-13-22(19)24/h3-7,9,11-13,17H,8,10,14-16H2,1-2H3,(H2,25,26,27). The lowest BCUT2D eigenvalue weighted by Crippen LogP contribution is -2.38. The first kappa shape index (κ1) is 20.6. The second-order valence-electron chi connectivity index (χ2n) is 6.89. The van der Waals surface area contributed by atoms with Crippen molar-refractivity contribution < 1.29 is 4.39 Å². The smallest absolute Gasteiger partial charge is 0.190 e. The molecule has 0 aliphatic heterocycles. The van der Waals surface area contributed by atoms with Gasteiger partial charge in [-0.2, -0.15) is 5.10 Å². The number of rotatable bonds is 8. The highest BCUT2D eigenvalue weighted by Gasteiger charge is 2.07. The van der Waals surface area contributed by atoms with E-state index >= 15 is 0 Å². The highest BCUT2D eigenvalue weighted by molar-refractivity contribution is 5.79. The molecule has 0 spiro atoms. The third-order valence-electron chi connectivity index (χ3n) is 4.80. The Morgan fingerprint density at radius 2 is 1.69 bits per heavy atom. The van der Waals surface area contributed by atoms with E-state index in [2.05, 4.69) is 39.1 Å². The Bertz CT molecular complexity index is 933. The molecule has 2 aromatic carbocycles. The number of guanidine groups is 1. The van der Waals surface area contributed by atoms with Crippen molar-refractivity contribution in [3.63, 3.8) is 0 Å². The van der Waals surface area contributed by atoms with E-state index in [1.807, 2.05) is 41.9 Å². The first-order valence-electron chi connectivity index (χ1n) is 9.96. The lowest BCUT2D eigenvalue weighted by atomic mass is 10.1. The summed E-state index contributed by atoms with van der Waals surface area (Å²) in [6, 6.07) is 17.0. The molecule has 2 N–H and O–H groups in total. The molecule has 0 bridgehead atoms. The average Bonchev–Trinajstić information content (AvgIpc) is 3.12. The maximum absolute atomic E-state index is 13.7. The topological polar surface area (TPSA) is 54.2 Å². The zero-order chi connectivity index (χ0) is 20.5. The van der Waals surface area contributed by atoms with Crippen LogP contribution in [0.3, 0.4) is 0 Å². The summed E-state index contributed by atoms with van der Waals surface area (Å²) < 4.78 is 15.6. The largest absolute Gasteiger partial charge is 0.356 e. The molecular formula is C23H28FN5. The first-order valence-corrected chi connectivity index (χ1v) is 9.96. The number of aromatic nitrogens is 2. The molecule has 0 amide bonds. The minimum absolute atomic E-state index is 0.163. The number of nitrogens with zero attached hydrogens (tertiary/aromatic N) is 3. The van der Waals surface area contributed by atoms with Crippen LogP contribution in [0.4, 0.5) is 4.39 Å². The highest BCUT2D eigenvalue weighted by atomic mass is 19.1. The van der Waals surface area contributed by atoms with E-state index < -0.39 is 0 Å². The Morgan fingerprint density at radius 1 is 0.966 bits per heavy atom. The molecule has 1 heterocycles. The quantitative estimate of drug-likeness (QED) is 0.349. The van der Waals surface area contributed by atoms with Crippen molar-refractivity contribution in [3.8, 4) is 5.69 Å². The molecule has 152 valence electrons. The van der Waals surface area contributed by atoms with Crippen molar-refractivity contribution >= 4 is 5.96 Å². The molecule has 3 rings (SSSR count). The van der Waals surface area contributed by atoms with Gasteiger partial charge in [0.2, 0.25) is 0 Å². The predicted octanol–water partition coefficient (Wildman–Crippen LogP) is 3.66. The molecule has 0 atom stereocenters. The Hall–Kier alpha value is -3.15. The lowest BCUT2D eigenvalue weighted by molar-refractivity contribution is 0.606. The number of hydrogen-bond donors (Lipinski definition) is 2. The number of benzene rings is 2. The van der Waals surface area contributed by atoms with Crippen LogP contribution in [0, 0.1) is 12.7 Å². The van der Waals surface area contributed by atoms with E-state index in [9.17, 15) is 4.39 Å². The van der Waals surface area contributed by atoms with E-state index in [1.165, 1.54) is 11.6 Å². The number of aliphatic imine (C=N–C) groups is 1.